The first-order valence-corrected chi connectivity index (χ1v) is 8.14. The van der Waals surface area contributed by atoms with E-state index < -0.39 is 5.82 Å². The van der Waals surface area contributed by atoms with Crippen LogP contribution in [0.5, 0.6) is 11.8 Å². The standard InChI is InChI=1S/C20H16FN3O2/c1-11-4-5-17(15(21)9-11)25-20-22-10-16-19(24-20)26-18(23-16)14-7-12(2)6-13(3)8-14/h4-10H,1-3H3. The fraction of sp³-hybridized carbons (Fsp3) is 0.150. The molecule has 0 fully saturated rings. The summed E-state index contributed by atoms with van der Waals surface area (Å²) in [4.78, 5) is 12.7. The number of nitrogens with zero attached hydrogens (tertiary/aromatic N) is 3. The van der Waals surface area contributed by atoms with Gasteiger partial charge >= 0.3 is 6.01 Å². The van der Waals surface area contributed by atoms with Gasteiger partial charge in [-0.3, -0.25) is 0 Å². The zero-order valence-electron chi connectivity index (χ0n) is 14.6. The summed E-state index contributed by atoms with van der Waals surface area (Å²) in [5.41, 5.74) is 4.71. The number of hydrogen-bond donors (Lipinski definition) is 0. The van der Waals surface area contributed by atoms with Crippen molar-refractivity contribution in [1.82, 2.24) is 15.0 Å². The van der Waals surface area contributed by atoms with Crippen LogP contribution in [0.4, 0.5) is 4.39 Å². The molecule has 26 heavy (non-hydrogen) atoms. The minimum atomic E-state index is -0.470. The van der Waals surface area contributed by atoms with Gasteiger partial charge in [-0.15, -0.1) is 0 Å². The van der Waals surface area contributed by atoms with Gasteiger partial charge in [0.15, 0.2) is 11.6 Å². The number of aromatic nitrogens is 3. The first-order valence-electron chi connectivity index (χ1n) is 8.14. The molecule has 4 aromatic rings. The molecule has 0 radical (unpaired) electrons. The first kappa shape index (κ1) is 16.2. The van der Waals surface area contributed by atoms with Gasteiger partial charge in [-0.1, -0.05) is 23.3 Å². The van der Waals surface area contributed by atoms with Crippen LogP contribution in [0.15, 0.2) is 47.0 Å². The van der Waals surface area contributed by atoms with Gasteiger partial charge in [0.2, 0.25) is 5.89 Å². The lowest BCUT2D eigenvalue weighted by Crippen LogP contribution is -1.94. The van der Waals surface area contributed by atoms with E-state index in [4.69, 9.17) is 9.15 Å². The maximum atomic E-state index is 13.9. The van der Waals surface area contributed by atoms with Gasteiger partial charge in [-0.25, -0.2) is 14.4 Å². The molecule has 2 heterocycles. The summed E-state index contributed by atoms with van der Waals surface area (Å²) in [6, 6.07) is 10.7. The van der Waals surface area contributed by atoms with E-state index in [-0.39, 0.29) is 17.5 Å². The van der Waals surface area contributed by atoms with Crippen molar-refractivity contribution in [2.45, 2.75) is 20.8 Å². The molecular formula is C20H16FN3O2. The SMILES string of the molecule is Cc1cc(C)cc(-c2nc3cnc(Oc4ccc(C)cc4F)nc3o2)c1. The van der Waals surface area contributed by atoms with Crippen molar-refractivity contribution < 1.29 is 13.5 Å². The summed E-state index contributed by atoms with van der Waals surface area (Å²) in [5.74, 6) is 0.0472. The number of benzene rings is 2. The molecule has 2 aromatic heterocycles. The van der Waals surface area contributed by atoms with Gasteiger partial charge in [0.25, 0.3) is 5.71 Å². The summed E-state index contributed by atoms with van der Waals surface area (Å²) < 4.78 is 25.1. The summed E-state index contributed by atoms with van der Waals surface area (Å²) >= 11 is 0. The third kappa shape index (κ3) is 3.13. The molecule has 130 valence electrons. The number of oxazole rings is 1. The van der Waals surface area contributed by atoms with E-state index in [0.29, 0.717) is 11.4 Å². The Hall–Kier alpha value is -3.28. The van der Waals surface area contributed by atoms with Crippen molar-refractivity contribution >= 4 is 11.2 Å². The smallest absolute Gasteiger partial charge is 0.325 e. The number of rotatable bonds is 3. The van der Waals surface area contributed by atoms with E-state index in [1.165, 1.54) is 12.3 Å². The molecule has 0 aliphatic heterocycles. The van der Waals surface area contributed by atoms with Crippen LogP contribution in [0.3, 0.4) is 0 Å². The third-order valence-corrected chi connectivity index (χ3v) is 3.89. The Kier molecular flexibility index (Phi) is 3.88. The Morgan fingerprint density at radius 2 is 1.69 bits per heavy atom. The Balaban J connectivity index is 1.69. The summed E-state index contributed by atoms with van der Waals surface area (Å²) in [5, 5.41) is 0. The van der Waals surface area contributed by atoms with Crippen LogP contribution in [0.2, 0.25) is 0 Å². The molecule has 0 N–H and O–H groups in total. The van der Waals surface area contributed by atoms with Gasteiger partial charge in [0.1, 0.15) is 5.52 Å². The fourth-order valence-corrected chi connectivity index (χ4v) is 2.78. The zero-order valence-corrected chi connectivity index (χ0v) is 14.6. The van der Waals surface area contributed by atoms with Crippen LogP contribution in [0.1, 0.15) is 16.7 Å². The van der Waals surface area contributed by atoms with Gasteiger partial charge in [0, 0.05) is 5.56 Å². The average Bonchev–Trinajstić information content (AvgIpc) is 3.00. The second-order valence-corrected chi connectivity index (χ2v) is 6.27. The van der Waals surface area contributed by atoms with Crippen molar-refractivity contribution in [3.8, 4) is 23.2 Å². The van der Waals surface area contributed by atoms with E-state index in [9.17, 15) is 4.39 Å². The van der Waals surface area contributed by atoms with E-state index in [2.05, 4.69) is 21.0 Å². The van der Waals surface area contributed by atoms with E-state index in [1.54, 1.807) is 19.1 Å². The number of aryl methyl sites for hydroxylation is 3. The highest BCUT2D eigenvalue weighted by atomic mass is 19.1. The molecule has 0 amide bonds. The Bertz CT molecular complexity index is 1100. The molecule has 2 aromatic carbocycles. The second-order valence-electron chi connectivity index (χ2n) is 6.27. The molecule has 0 unspecified atom stereocenters. The summed E-state index contributed by atoms with van der Waals surface area (Å²) in [7, 11) is 0. The van der Waals surface area contributed by atoms with E-state index in [1.807, 2.05) is 26.0 Å². The minimum Gasteiger partial charge on any atom is -0.421 e. The molecule has 4 rings (SSSR count). The number of ether oxygens (including phenoxy) is 1. The lowest BCUT2D eigenvalue weighted by molar-refractivity contribution is 0.410. The predicted octanol–water partition coefficient (Wildman–Crippen LogP) is 5.14. The highest BCUT2D eigenvalue weighted by molar-refractivity contribution is 5.72. The molecular weight excluding hydrogens is 333 g/mol. The van der Waals surface area contributed by atoms with Crippen molar-refractivity contribution in [3.05, 3.63) is 65.1 Å². The zero-order chi connectivity index (χ0) is 18.3. The van der Waals surface area contributed by atoms with Crippen LogP contribution in [-0.4, -0.2) is 15.0 Å². The van der Waals surface area contributed by atoms with Crippen molar-refractivity contribution in [3.63, 3.8) is 0 Å². The summed E-state index contributed by atoms with van der Waals surface area (Å²) in [6.07, 6.45) is 1.50. The quantitative estimate of drug-likeness (QED) is 0.512. The normalized spacial score (nSPS) is 11.1. The number of hydrogen-bond acceptors (Lipinski definition) is 5. The van der Waals surface area contributed by atoms with Crippen molar-refractivity contribution in [1.29, 1.82) is 0 Å². The van der Waals surface area contributed by atoms with Gasteiger partial charge in [0.05, 0.1) is 6.20 Å². The highest BCUT2D eigenvalue weighted by Gasteiger charge is 2.13. The fourth-order valence-electron chi connectivity index (χ4n) is 2.78. The molecule has 0 atom stereocenters. The van der Waals surface area contributed by atoms with Crippen LogP contribution in [-0.2, 0) is 0 Å². The number of halogens is 1. The van der Waals surface area contributed by atoms with Crippen LogP contribution < -0.4 is 4.74 Å². The Morgan fingerprint density at radius 3 is 2.42 bits per heavy atom. The Morgan fingerprint density at radius 1 is 0.923 bits per heavy atom. The summed E-state index contributed by atoms with van der Waals surface area (Å²) in [6.45, 7) is 5.83. The van der Waals surface area contributed by atoms with Crippen LogP contribution in [0.25, 0.3) is 22.7 Å². The van der Waals surface area contributed by atoms with Gasteiger partial charge in [-0.2, -0.15) is 4.98 Å². The van der Waals surface area contributed by atoms with Gasteiger partial charge < -0.3 is 9.15 Å². The second kappa shape index (κ2) is 6.22. The average molecular weight is 349 g/mol. The first-order chi connectivity index (χ1) is 12.5. The maximum absolute atomic E-state index is 13.9. The highest BCUT2D eigenvalue weighted by Crippen LogP contribution is 2.27. The lowest BCUT2D eigenvalue weighted by Gasteiger charge is -2.04. The molecule has 0 saturated carbocycles. The third-order valence-electron chi connectivity index (χ3n) is 3.89. The molecule has 0 spiro atoms. The molecule has 0 aliphatic rings. The van der Waals surface area contributed by atoms with E-state index >= 15 is 0 Å². The minimum absolute atomic E-state index is 0.00313. The van der Waals surface area contributed by atoms with E-state index in [0.717, 1.165) is 22.3 Å². The lowest BCUT2D eigenvalue weighted by atomic mass is 10.1. The van der Waals surface area contributed by atoms with Crippen LogP contribution >= 0.6 is 0 Å². The van der Waals surface area contributed by atoms with Crippen molar-refractivity contribution in [2.75, 3.05) is 0 Å². The largest absolute Gasteiger partial charge is 0.421 e. The molecule has 0 aliphatic carbocycles. The molecule has 6 heteroatoms. The predicted molar refractivity (Wildman–Crippen MR) is 95.7 cm³/mol. The molecule has 0 saturated heterocycles. The van der Waals surface area contributed by atoms with Gasteiger partial charge in [-0.05, 0) is 50.6 Å². The maximum Gasteiger partial charge on any atom is 0.325 e. The Labute approximate surface area is 149 Å². The topological polar surface area (TPSA) is 61.0 Å². The monoisotopic (exact) mass is 349 g/mol. The molecule has 5 nitrogen and oxygen atoms in total. The van der Waals surface area contributed by atoms with Crippen molar-refractivity contribution in [2.24, 2.45) is 0 Å². The van der Waals surface area contributed by atoms with Crippen LogP contribution in [0, 0.1) is 26.6 Å². The number of fused-ring (bicyclic) bond motifs is 1. The molecule has 0 bridgehead atoms.